The van der Waals surface area contributed by atoms with Gasteiger partial charge in [0.2, 0.25) is 0 Å². The van der Waals surface area contributed by atoms with Gasteiger partial charge in [-0.25, -0.2) is 0 Å². The summed E-state index contributed by atoms with van der Waals surface area (Å²) >= 11 is 0. The largest absolute Gasteiger partial charge is 0.493 e. The summed E-state index contributed by atoms with van der Waals surface area (Å²) in [6.45, 7) is -0.433. The van der Waals surface area contributed by atoms with Gasteiger partial charge >= 0.3 is 24.2 Å². The zero-order valence-corrected chi connectivity index (χ0v) is 37.1. The summed E-state index contributed by atoms with van der Waals surface area (Å²) in [6.07, 6.45) is -6.53. The van der Waals surface area contributed by atoms with E-state index in [2.05, 4.69) is 0 Å². The van der Waals surface area contributed by atoms with Crippen LogP contribution in [0.4, 0.5) is 26.3 Å². The summed E-state index contributed by atoms with van der Waals surface area (Å²) in [5.41, 5.74) is 4.45. The molecule has 350 valence electrons. The summed E-state index contributed by atoms with van der Waals surface area (Å²) in [5, 5.41) is 0. The van der Waals surface area contributed by atoms with Crippen molar-refractivity contribution >= 4 is 17.9 Å². The molecule has 18 heteroatoms. The second kappa shape index (κ2) is 19.7. The van der Waals surface area contributed by atoms with Gasteiger partial charge in [0.05, 0.1) is 69.0 Å². The van der Waals surface area contributed by atoms with Crippen LogP contribution >= 0.6 is 0 Å². The number of methoxy groups -OCH3 is 8. The molecule has 0 bridgehead atoms. The standard InChI is InChI=1S/C47H50F6N2O10/c1-58-36-18-26(30(22-40(36)62-5)16-34-32-24-42(64-7)38(60-3)20-28(32)12-14-54(34)44(56)46(48,49)50)10-9-11-27-19-37(59-2)41(63-6)23-31(27)17-35-33-25-43(65-8)39(61-4)21-29(33)13-15-55(35)45(57)47(51,52)53/h9-10,18-25,34-35H,11-17H2,1-8H3/b10-9+/t34-,35-/m1/s1. The van der Waals surface area contributed by atoms with Crippen molar-refractivity contribution < 1.29 is 73.8 Å². The van der Waals surface area contributed by atoms with E-state index in [0.29, 0.717) is 79.0 Å². The Morgan fingerprint density at radius 3 is 1.25 bits per heavy atom. The molecule has 4 aromatic rings. The molecule has 0 aliphatic carbocycles. The number of alkyl halides is 6. The molecule has 2 heterocycles. The Labute approximate surface area is 372 Å². The zero-order chi connectivity index (χ0) is 47.4. The van der Waals surface area contributed by atoms with Gasteiger partial charge in [0.15, 0.2) is 46.0 Å². The second-order valence-electron chi connectivity index (χ2n) is 15.2. The van der Waals surface area contributed by atoms with Crippen LogP contribution in [0.25, 0.3) is 6.08 Å². The number of carbonyl (C=O) groups is 2. The first-order valence-electron chi connectivity index (χ1n) is 20.3. The van der Waals surface area contributed by atoms with E-state index in [-0.39, 0.29) is 56.7 Å². The van der Waals surface area contributed by atoms with Crippen molar-refractivity contribution in [1.82, 2.24) is 9.80 Å². The van der Waals surface area contributed by atoms with Gasteiger partial charge in [-0.1, -0.05) is 12.2 Å². The van der Waals surface area contributed by atoms with Gasteiger partial charge in [-0.05, 0) is 125 Å². The van der Waals surface area contributed by atoms with Gasteiger partial charge in [-0.15, -0.1) is 0 Å². The van der Waals surface area contributed by atoms with Crippen molar-refractivity contribution in [3.63, 3.8) is 0 Å². The first-order chi connectivity index (χ1) is 30.9. The molecule has 2 aliphatic heterocycles. The number of amides is 2. The molecule has 0 unspecified atom stereocenters. The Kier molecular flexibility index (Phi) is 14.6. The topological polar surface area (TPSA) is 114 Å². The lowest BCUT2D eigenvalue weighted by Crippen LogP contribution is -2.47. The maximum Gasteiger partial charge on any atom is 0.471 e. The molecule has 0 spiro atoms. The predicted octanol–water partition coefficient (Wildman–Crippen LogP) is 8.47. The highest BCUT2D eigenvalue weighted by Crippen LogP contribution is 2.45. The lowest BCUT2D eigenvalue weighted by molar-refractivity contribution is -0.188. The van der Waals surface area contributed by atoms with Crippen molar-refractivity contribution in [2.24, 2.45) is 0 Å². The minimum absolute atomic E-state index is 0.0756. The lowest BCUT2D eigenvalue weighted by Gasteiger charge is -2.38. The quantitative estimate of drug-likeness (QED) is 0.108. The molecular formula is C47H50F6N2O10. The number of allylic oxidation sites excluding steroid dienone is 1. The predicted molar refractivity (Wildman–Crippen MR) is 227 cm³/mol. The van der Waals surface area contributed by atoms with E-state index in [0.717, 1.165) is 9.80 Å². The Bertz CT molecular complexity index is 2440. The number of nitrogens with zero attached hydrogens (tertiary/aromatic N) is 2. The van der Waals surface area contributed by atoms with Gasteiger partial charge in [-0.2, -0.15) is 26.3 Å². The number of ether oxygens (including phenoxy) is 8. The number of carbonyl (C=O) groups excluding carboxylic acids is 2. The fourth-order valence-electron chi connectivity index (χ4n) is 8.65. The van der Waals surface area contributed by atoms with E-state index in [1.807, 2.05) is 0 Å². The summed E-state index contributed by atoms with van der Waals surface area (Å²) in [5.74, 6) is -1.40. The molecule has 4 aromatic carbocycles. The third-order valence-corrected chi connectivity index (χ3v) is 11.8. The van der Waals surface area contributed by atoms with E-state index in [9.17, 15) is 35.9 Å². The van der Waals surface area contributed by atoms with E-state index < -0.39 is 36.3 Å². The second-order valence-corrected chi connectivity index (χ2v) is 15.2. The molecule has 6 rings (SSSR count). The van der Waals surface area contributed by atoms with Crippen molar-refractivity contribution in [3.05, 3.63) is 99.1 Å². The molecule has 0 saturated heterocycles. The molecule has 0 radical (unpaired) electrons. The summed E-state index contributed by atoms with van der Waals surface area (Å²) < 4.78 is 129. The van der Waals surface area contributed by atoms with Crippen LogP contribution in [-0.2, 0) is 41.7 Å². The zero-order valence-electron chi connectivity index (χ0n) is 37.1. The van der Waals surface area contributed by atoms with Gasteiger partial charge in [0.25, 0.3) is 0 Å². The molecule has 2 amide bonds. The first-order valence-corrected chi connectivity index (χ1v) is 20.3. The summed E-state index contributed by atoms with van der Waals surface area (Å²) in [6, 6.07) is 11.0. The number of hydrogen-bond donors (Lipinski definition) is 0. The number of benzene rings is 4. The molecule has 0 N–H and O–H groups in total. The molecule has 12 nitrogen and oxygen atoms in total. The van der Waals surface area contributed by atoms with E-state index in [1.165, 1.54) is 56.9 Å². The number of fused-ring (bicyclic) bond motifs is 2. The fraction of sp³-hybridized carbons (Fsp3) is 0.404. The Hall–Kier alpha value is -6.46. The van der Waals surface area contributed by atoms with Gasteiger partial charge in [0.1, 0.15) is 0 Å². The van der Waals surface area contributed by atoms with Gasteiger partial charge < -0.3 is 47.7 Å². The summed E-state index contributed by atoms with van der Waals surface area (Å²) in [7, 11) is 11.4. The van der Waals surface area contributed by atoms with E-state index in [1.54, 1.807) is 60.7 Å². The van der Waals surface area contributed by atoms with Crippen LogP contribution in [0, 0.1) is 0 Å². The van der Waals surface area contributed by atoms with Crippen LogP contribution in [0.2, 0.25) is 0 Å². The fourth-order valence-corrected chi connectivity index (χ4v) is 8.65. The van der Waals surface area contributed by atoms with Gasteiger partial charge in [-0.3, -0.25) is 9.59 Å². The molecule has 2 atom stereocenters. The highest BCUT2D eigenvalue weighted by Gasteiger charge is 2.48. The minimum Gasteiger partial charge on any atom is -0.493 e. The first kappa shape index (κ1) is 48.0. The lowest BCUT2D eigenvalue weighted by atomic mass is 9.86. The molecular weight excluding hydrogens is 867 g/mol. The monoisotopic (exact) mass is 916 g/mol. The maximum absolute atomic E-state index is 14.2. The number of halogens is 6. The van der Waals surface area contributed by atoms with Crippen LogP contribution < -0.4 is 37.9 Å². The van der Waals surface area contributed by atoms with E-state index in [4.69, 9.17) is 37.9 Å². The van der Waals surface area contributed by atoms with Crippen LogP contribution in [-0.4, -0.2) is 104 Å². The van der Waals surface area contributed by atoms with Crippen LogP contribution in [0.5, 0.6) is 46.0 Å². The minimum atomic E-state index is -5.15. The van der Waals surface area contributed by atoms with Crippen molar-refractivity contribution in [3.8, 4) is 46.0 Å². The normalized spacial score (nSPS) is 16.1. The Balaban J connectivity index is 1.44. The molecule has 0 fully saturated rings. The molecule has 65 heavy (non-hydrogen) atoms. The summed E-state index contributed by atoms with van der Waals surface area (Å²) in [4.78, 5) is 27.7. The third-order valence-electron chi connectivity index (χ3n) is 11.8. The Morgan fingerprint density at radius 1 is 0.508 bits per heavy atom. The number of hydrogen-bond acceptors (Lipinski definition) is 10. The molecule has 0 aromatic heterocycles. The maximum atomic E-state index is 14.2. The third kappa shape index (κ3) is 9.95. The molecule has 2 aliphatic rings. The van der Waals surface area contributed by atoms with Crippen LogP contribution in [0.1, 0.15) is 56.6 Å². The molecule has 0 saturated carbocycles. The highest BCUT2D eigenvalue weighted by atomic mass is 19.4. The van der Waals surface area contributed by atoms with Crippen molar-refractivity contribution in [1.29, 1.82) is 0 Å². The SMILES string of the molecule is COc1cc(/C=C/Cc2cc(OC)c(OC)cc2C[C@@H]2c3cc(OC)c(OC)cc3CCN2C(=O)C(F)(F)F)c(C[C@@H]2c3cc(OC)c(OC)cc3CCN2C(=O)C(F)(F)F)cc1OC. The van der Waals surface area contributed by atoms with Crippen molar-refractivity contribution in [2.45, 2.75) is 56.5 Å². The van der Waals surface area contributed by atoms with Crippen LogP contribution in [0.3, 0.4) is 0 Å². The average Bonchev–Trinajstić information content (AvgIpc) is 3.29. The smallest absolute Gasteiger partial charge is 0.471 e. The average molecular weight is 917 g/mol. The highest BCUT2D eigenvalue weighted by molar-refractivity contribution is 5.83. The van der Waals surface area contributed by atoms with Gasteiger partial charge in [0, 0.05) is 13.1 Å². The number of rotatable bonds is 15. The Morgan fingerprint density at radius 2 is 0.846 bits per heavy atom. The van der Waals surface area contributed by atoms with Crippen molar-refractivity contribution in [2.75, 3.05) is 70.0 Å². The van der Waals surface area contributed by atoms with Crippen LogP contribution in [0.15, 0.2) is 54.6 Å². The van der Waals surface area contributed by atoms with E-state index >= 15 is 0 Å².